The Hall–Kier alpha value is -0.940. The number of furan rings is 1. The van der Waals surface area contributed by atoms with Crippen LogP contribution in [-0.4, -0.2) is 31.6 Å². The maximum absolute atomic E-state index is 11.2. The molecule has 90 valence electrons. The van der Waals surface area contributed by atoms with Gasteiger partial charge in [-0.3, -0.25) is 0 Å². The van der Waals surface area contributed by atoms with Gasteiger partial charge in [0.05, 0.1) is 13.2 Å². The molecule has 0 aliphatic heterocycles. The number of carbonyl (C=O) groups is 1. The summed E-state index contributed by atoms with van der Waals surface area (Å²) in [4.78, 5) is 11.2. The fraction of sp³-hybridized carbons (Fsp3) is 0.545. The molecule has 1 atom stereocenters. The molecule has 1 rings (SSSR count). The first-order chi connectivity index (χ1) is 7.69. The third-order valence-electron chi connectivity index (χ3n) is 2.20. The number of esters is 1. The van der Waals surface area contributed by atoms with E-state index in [-0.39, 0.29) is 11.8 Å². The zero-order valence-electron chi connectivity index (χ0n) is 9.78. The van der Waals surface area contributed by atoms with E-state index in [0.717, 1.165) is 18.1 Å². The molecule has 0 saturated carbocycles. The van der Waals surface area contributed by atoms with Crippen LogP contribution in [0.2, 0.25) is 0 Å². The Morgan fingerprint density at radius 3 is 3.00 bits per heavy atom. The topological polar surface area (TPSA) is 51.5 Å². The fourth-order valence-corrected chi connectivity index (χ4v) is 1.60. The van der Waals surface area contributed by atoms with Gasteiger partial charge in [0.25, 0.3) is 0 Å². The summed E-state index contributed by atoms with van der Waals surface area (Å²) in [5, 5.41) is 3.30. The van der Waals surface area contributed by atoms with Crippen LogP contribution in [0.3, 0.4) is 0 Å². The lowest BCUT2D eigenvalue weighted by atomic mass is 10.2. The van der Waals surface area contributed by atoms with Crippen molar-refractivity contribution in [3.05, 3.63) is 23.7 Å². The Morgan fingerprint density at radius 2 is 2.38 bits per heavy atom. The van der Waals surface area contributed by atoms with E-state index < -0.39 is 5.97 Å². The lowest BCUT2D eigenvalue weighted by Gasteiger charge is -2.10. The van der Waals surface area contributed by atoms with Gasteiger partial charge in [0.2, 0.25) is 5.76 Å². The summed E-state index contributed by atoms with van der Waals surface area (Å²) in [6.45, 7) is 2.91. The minimum Gasteiger partial charge on any atom is -0.463 e. The third-order valence-corrected chi connectivity index (χ3v) is 2.81. The van der Waals surface area contributed by atoms with Crippen molar-refractivity contribution in [3.63, 3.8) is 0 Å². The second kappa shape index (κ2) is 6.60. The summed E-state index contributed by atoms with van der Waals surface area (Å²) >= 11 is 1.79. The van der Waals surface area contributed by atoms with Gasteiger partial charge in [0.1, 0.15) is 5.76 Å². The van der Waals surface area contributed by atoms with Crippen LogP contribution in [0.5, 0.6) is 0 Å². The quantitative estimate of drug-likeness (QED) is 0.612. The van der Waals surface area contributed by atoms with Gasteiger partial charge < -0.3 is 14.5 Å². The van der Waals surface area contributed by atoms with Crippen LogP contribution in [0.25, 0.3) is 0 Å². The number of nitrogens with one attached hydrogen (secondary N) is 1. The average Bonchev–Trinajstić information content (AvgIpc) is 2.77. The largest absolute Gasteiger partial charge is 0.463 e. The highest BCUT2D eigenvalue weighted by atomic mass is 32.2. The lowest BCUT2D eigenvalue weighted by molar-refractivity contribution is 0.0562. The van der Waals surface area contributed by atoms with Crippen LogP contribution in [0.4, 0.5) is 0 Å². The maximum Gasteiger partial charge on any atom is 0.373 e. The van der Waals surface area contributed by atoms with Crippen molar-refractivity contribution in [1.82, 2.24) is 5.32 Å². The van der Waals surface area contributed by atoms with Gasteiger partial charge in [-0.1, -0.05) is 0 Å². The number of methoxy groups -OCH3 is 1. The predicted molar refractivity (Wildman–Crippen MR) is 64.8 cm³/mol. The second-order valence-electron chi connectivity index (χ2n) is 3.36. The molecule has 0 aromatic carbocycles. The zero-order valence-corrected chi connectivity index (χ0v) is 10.6. The van der Waals surface area contributed by atoms with Crippen molar-refractivity contribution in [2.75, 3.05) is 25.7 Å². The summed E-state index contributed by atoms with van der Waals surface area (Å²) < 4.78 is 9.96. The average molecular weight is 243 g/mol. The van der Waals surface area contributed by atoms with Crippen LogP contribution in [0.15, 0.2) is 16.5 Å². The van der Waals surface area contributed by atoms with Gasteiger partial charge in [-0.25, -0.2) is 4.79 Å². The minimum absolute atomic E-state index is 0.102. The molecule has 0 amide bonds. The number of rotatable bonds is 6. The van der Waals surface area contributed by atoms with E-state index in [4.69, 9.17) is 4.42 Å². The first kappa shape index (κ1) is 13.1. The highest BCUT2D eigenvalue weighted by molar-refractivity contribution is 7.98. The van der Waals surface area contributed by atoms with E-state index in [9.17, 15) is 4.79 Å². The number of thioether (sulfide) groups is 1. The first-order valence-electron chi connectivity index (χ1n) is 5.09. The molecule has 1 aromatic heterocycles. The monoisotopic (exact) mass is 243 g/mol. The van der Waals surface area contributed by atoms with Crippen molar-refractivity contribution in [2.24, 2.45) is 0 Å². The molecule has 0 aliphatic carbocycles. The summed E-state index contributed by atoms with van der Waals surface area (Å²) in [7, 11) is 1.34. The van der Waals surface area contributed by atoms with Gasteiger partial charge in [0.15, 0.2) is 0 Å². The second-order valence-corrected chi connectivity index (χ2v) is 4.35. The highest BCUT2D eigenvalue weighted by Crippen LogP contribution is 2.16. The molecule has 0 bridgehead atoms. The molecule has 1 aromatic rings. The third kappa shape index (κ3) is 3.57. The van der Waals surface area contributed by atoms with Crippen LogP contribution >= 0.6 is 11.8 Å². The molecule has 0 radical (unpaired) electrons. The summed E-state index contributed by atoms with van der Waals surface area (Å²) in [6, 6.07) is 3.53. The normalized spacial score (nSPS) is 12.4. The van der Waals surface area contributed by atoms with Crippen molar-refractivity contribution >= 4 is 17.7 Å². The molecule has 1 N–H and O–H groups in total. The van der Waals surface area contributed by atoms with Crippen molar-refractivity contribution < 1.29 is 13.9 Å². The van der Waals surface area contributed by atoms with Crippen molar-refractivity contribution in [2.45, 2.75) is 13.0 Å². The van der Waals surface area contributed by atoms with E-state index in [1.165, 1.54) is 7.11 Å². The fourth-order valence-electron chi connectivity index (χ4n) is 1.27. The first-order valence-corrected chi connectivity index (χ1v) is 6.48. The Kier molecular flexibility index (Phi) is 5.42. The standard InChI is InChI=1S/C11H17NO3S/c1-8(12-6-7-16-3)9-4-5-10(15-9)11(13)14-2/h4-5,8,12H,6-7H2,1-3H3. The van der Waals surface area contributed by atoms with Gasteiger partial charge in [0, 0.05) is 12.3 Å². The van der Waals surface area contributed by atoms with Gasteiger partial charge in [-0.2, -0.15) is 11.8 Å². The van der Waals surface area contributed by atoms with Crippen LogP contribution < -0.4 is 5.32 Å². The smallest absolute Gasteiger partial charge is 0.373 e. The zero-order chi connectivity index (χ0) is 12.0. The number of hydrogen-bond acceptors (Lipinski definition) is 5. The molecule has 0 saturated heterocycles. The van der Waals surface area contributed by atoms with Crippen LogP contribution in [0.1, 0.15) is 29.3 Å². The molecule has 4 nitrogen and oxygen atoms in total. The highest BCUT2D eigenvalue weighted by Gasteiger charge is 2.14. The van der Waals surface area contributed by atoms with Crippen molar-refractivity contribution in [3.8, 4) is 0 Å². The van der Waals surface area contributed by atoms with E-state index in [1.807, 2.05) is 6.92 Å². The Balaban J connectivity index is 2.52. The Morgan fingerprint density at radius 1 is 1.62 bits per heavy atom. The van der Waals surface area contributed by atoms with E-state index in [1.54, 1.807) is 23.9 Å². The number of ether oxygens (including phenoxy) is 1. The Bertz CT molecular complexity index is 338. The molecule has 5 heteroatoms. The molecule has 16 heavy (non-hydrogen) atoms. The SMILES string of the molecule is COC(=O)c1ccc(C(C)NCCSC)o1. The lowest BCUT2D eigenvalue weighted by Crippen LogP contribution is -2.20. The number of hydrogen-bond donors (Lipinski definition) is 1. The Labute approximate surface area is 99.7 Å². The molecule has 0 spiro atoms. The minimum atomic E-state index is -0.442. The van der Waals surface area contributed by atoms with Gasteiger partial charge >= 0.3 is 5.97 Å². The summed E-state index contributed by atoms with van der Waals surface area (Å²) in [6.07, 6.45) is 2.06. The molecule has 0 aliphatic rings. The molecule has 1 unspecified atom stereocenters. The van der Waals surface area contributed by atoms with Crippen LogP contribution in [0, 0.1) is 0 Å². The van der Waals surface area contributed by atoms with Crippen molar-refractivity contribution in [1.29, 1.82) is 0 Å². The summed E-state index contributed by atoms with van der Waals surface area (Å²) in [5.41, 5.74) is 0. The molecule has 0 fully saturated rings. The van der Waals surface area contributed by atoms with Gasteiger partial charge in [-0.05, 0) is 25.3 Å². The molecular formula is C11H17NO3S. The van der Waals surface area contributed by atoms with Crippen LogP contribution in [-0.2, 0) is 4.74 Å². The number of carbonyl (C=O) groups excluding carboxylic acids is 1. The molecular weight excluding hydrogens is 226 g/mol. The van der Waals surface area contributed by atoms with E-state index in [2.05, 4.69) is 16.3 Å². The van der Waals surface area contributed by atoms with E-state index in [0.29, 0.717) is 0 Å². The van der Waals surface area contributed by atoms with Gasteiger partial charge in [-0.15, -0.1) is 0 Å². The van der Waals surface area contributed by atoms with E-state index >= 15 is 0 Å². The summed E-state index contributed by atoms with van der Waals surface area (Å²) in [5.74, 6) is 1.61. The predicted octanol–water partition coefficient (Wildman–Crippen LogP) is 2.08. The maximum atomic E-state index is 11.2. The molecule has 1 heterocycles.